The molecule has 3 aromatic rings. The van der Waals surface area contributed by atoms with Crippen LogP contribution in [0.4, 0.5) is 5.95 Å². The molecule has 1 atom stereocenters. The zero-order valence-electron chi connectivity index (χ0n) is 15.8. The largest absolute Gasteiger partial charge is 0.338 e. The molecule has 1 unspecified atom stereocenters. The van der Waals surface area contributed by atoms with Crippen LogP contribution in [0.5, 0.6) is 0 Å². The fourth-order valence-corrected chi connectivity index (χ4v) is 3.99. The molecule has 27 heavy (non-hydrogen) atoms. The van der Waals surface area contributed by atoms with Gasteiger partial charge in [-0.3, -0.25) is 0 Å². The highest BCUT2D eigenvalue weighted by molar-refractivity contribution is 7.09. The lowest BCUT2D eigenvalue weighted by Crippen LogP contribution is -2.37. The molecule has 1 saturated heterocycles. The molecular weight excluding hydrogens is 358 g/mol. The van der Waals surface area contributed by atoms with E-state index >= 15 is 0 Å². The summed E-state index contributed by atoms with van der Waals surface area (Å²) < 4.78 is 4.07. The predicted octanol–water partition coefficient (Wildman–Crippen LogP) is 2.94. The van der Waals surface area contributed by atoms with Crippen LogP contribution in [0.3, 0.4) is 0 Å². The summed E-state index contributed by atoms with van der Waals surface area (Å²) in [6.45, 7) is 8.30. The summed E-state index contributed by atoms with van der Waals surface area (Å²) in [4.78, 5) is 11.0. The van der Waals surface area contributed by atoms with Crippen LogP contribution < -0.4 is 10.2 Å². The molecule has 7 nitrogen and oxygen atoms in total. The van der Waals surface area contributed by atoms with Gasteiger partial charge in [0.2, 0.25) is 5.95 Å². The minimum Gasteiger partial charge on any atom is -0.338 e. The Morgan fingerprint density at radius 3 is 2.78 bits per heavy atom. The maximum atomic E-state index is 4.57. The molecule has 0 aliphatic carbocycles. The lowest BCUT2D eigenvalue weighted by Gasteiger charge is -2.18. The second-order valence-corrected chi connectivity index (χ2v) is 7.95. The Morgan fingerprint density at radius 1 is 1.22 bits per heavy atom. The quantitative estimate of drug-likeness (QED) is 0.728. The van der Waals surface area contributed by atoms with E-state index in [1.165, 1.54) is 11.5 Å². The number of aromatic nitrogens is 5. The molecular formula is C19H23N7S. The van der Waals surface area contributed by atoms with Gasteiger partial charge < -0.3 is 10.2 Å². The van der Waals surface area contributed by atoms with E-state index in [1.54, 1.807) is 6.33 Å². The van der Waals surface area contributed by atoms with Crippen molar-refractivity contribution in [2.45, 2.75) is 39.3 Å². The van der Waals surface area contributed by atoms with Crippen molar-refractivity contribution in [3.63, 3.8) is 0 Å². The molecule has 0 amide bonds. The van der Waals surface area contributed by atoms with Crippen LogP contribution in [0.15, 0.2) is 30.7 Å². The van der Waals surface area contributed by atoms with E-state index in [2.05, 4.69) is 67.7 Å². The smallest absolute Gasteiger partial charge is 0.245 e. The highest BCUT2D eigenvalue weighted by Gasteiger charge is 2.24. The predicted molar refractivity (Wildman–Crippen MR) is 108 cm³/mol. The molecule has 1 N–H and O–H groups in total. The van der Waals surface area contributed by atoms with Crippen molar-refractivity contribution in [1.29, 1.82) is 0 Å². The van der Waals surface area contributed by atoms with Gasteiger partial charge in [0.05, 0.1) is 6.20 Å². The molecule has 1 aromatic carbocycles. The third kappa shape index (κ3) is 3.96. The number of aryl methyl sites for hydroxylation is 1. The number of rotatable bonds is 5. The topological polar surface area (TPSA) is 79.7 Å². The number of nitrogens with one attached hydrogen (secondary N) is 1. The van der Waals surface area contributed by atoms with E-state index in [1.807, 2.05) is 12.3 Å². The summed E-state index contributed by atoms with van der Waals surface area (Å²) in [5.41, 5.74) is 4.01. The second-order valence-electron chi connectivity index (χ2n) is 7.17. The van der Waals surface area contributed by atoms with E-state index in [9.17, 15) is 0 Å². The molecule has 3 heterocycles. The zero-order valence-corrected chi connectivity index (χ0v) is 16.6. The molecule has 0 radical (unpaired) electrons. The Labute approximate surface area is 163 Å². The Hall–Kier alpha value is -2.45. The Morgan fingerprint density at radius 2 is 2.11 bits per heavy atom. The first-order chi connectivity index (χ1) is 13.1. The van der Waals surface area contributed by atoms with E-state index in [0.29, 0.717) is 18.0 Å². The van der Waals surface area contributed by atoms with Gasteiger partial charge in [-0.15, -0.1) is 10.2 Å². The summed E-state index contributed by atoms with van der Waals surface area (Å²) in [6, 6.07) is 7.18. The third-order valence-electron chi connectivity index (χ3n) is 4.70. The average molecular weight is 382 g/mol. The molecule has 0 saturated carbocycles. The Kier molecular flexibility index (Phi) is 5.09. The molecule has 2 aromatic heterocycles. The van der Waals surface area contributed by atoms with Gasteiger partial charge in [-0.2, -0.15) is 4.37 Å². The van der Waals surface area contributed by atoms with Gasteiger partial charge in [0, 0.05) is 36.3 Å². The molecule has 1 aliphatic heterocycles. The maximum absolute atomic E-state index is 4.57. The van der Waals surface area contributed by atoms with Crippen LogP contribution in [0.1, 0.15) is 25.8 Å². The fraction of sp³-hybridized carbons (Fsp3) is 0.421. The van der Waals surface area contributed by atoms with Crippen molar-refractivity contribution in [1.82, 2.24) is 29.9 Å². The fourth-order valence-electron chi connectivity index (χ4n) is 3.47. The second kappa shape index (κ2) is 7.66. The van der Waals surface area contributed by atoms with Crippen LogP contribution in [0, 0.1) is 6.92 Å². The SMILES string of the molecule is Cc1cc(-c2ncns2)ccc1-c1cnc(N2CCC(NC(C)C)C2)nn1. The number of hydrogen-bond donors (Lipinski definition) is 1. The maximum Gasteiger partial charge on any atom is 0.245 e. The third-order valence-corrected chi connectivity index (χ3v) is 5.41. The molecule has 0 spiro atoms. The van der Waals surface area contributed by atoms with Crippen molar-refractivity contribution in [3.8, 4) is 21.8 Å². The average Bonchev–Trinajstić information content (AvgIpc) is 3.33. The first-order valence-corrected chi connectivity index (χ1v) is 9.96. The van der Waals surface area contributed by atoms with Gasteiger partial charge in [0.1, 0.15) is 17.0 Å². The van der Waals surface area contributed by atoms with Crippen LogP contribution in [0.25, 0.3) is 21.8 Å². The summed E-state index contributed by atoms with van der Waals surface area (Å²) >= 11 is 1.39. The first kappa shape index (κ1) is 17.9. The van der Waals surface area contributed by atoms with Crippen LogP contribution >= 0.6 is 11.5 Å². The summed E-state index contributed by atoms with van der Waals surface area (Å²) in [5, 5.41) is 13.3. The van der Waals surface area contributed by atoms with E-state index in [0.717, 1.165) is 46.9 Å². The zero-order chi connectivity index (χ0) is 18.8. The summed E-state index contributed by atoms with van der Waals surface area (Å²) in [6.07, 6.45) is 4.50. The Balaban J connectivity index is 1.49. The highest BCUT2D eigenvalue weighted by Crippen LogP contribution is 2.28. The number of nitrogens with zero attached hydrogens (tertiary/aromatic N) is 6. The standard InChI is InChI=1S/C19H23N7S/c1-12(2)23-15-6-7-26(10-15)19-20-9-17(24-25-19)16-5-4-14(8-13(16)3)18-21-11-22-27-18/h4-5,8-9,11-12,15,23H,6-7,10H2,1-3H3. The van der Waals surface area contributed by atoms with Crippen molar-refractivity contribution < 1.29 is 0 Å². The minimum atomic E-state index is 0.488. The molecule has 140 valence electrons. The minimum absolute atomic E-state index is 0.488. The first-order valence-electron chi connectivity index (χ1n) is 9.19. The summed E-state index contributed by atoms with van der Waals surface area (Å²) in [5.74, 6) is 0.704. The summed E-state index contributed by atoms with van der Waals surface area (Å²) in [7, 11) is 0. The molecule has 1 aliphatic rings. The van der Waals surface area contributed by atoms with E-state index in [-0.39, 0.29) is 0 Å². The lowest BCUT2D eigenvalue weighted by atomic mass is 10.0. The monoisotopic (exact) mass is 381 g/mol. The normalized spacial score (nSPS) is 17.0. The van der Waals surface area contributed by atoms with Crippen molar-refractivity contribution in [2.75, 3.05) is 18.0 Å². The highest BCUT2D eigenvalue weighted by atomic mass is 32.1. The number of anilines is 1. The van der Waals surface area contributed by atoms with Crippen molar-refractivity contribution in [3.05, 3.63) is 36.3 Å². The molecule has 8 heteroatoms. The van der Waals surface area contributed by atoms with Crippen LogP contribution in [-0.2, 0) is 0 Å². The van der Waals surface area contributed by atoms with Gasteiger partial charge in [-0.25, -0.2) is 9.97 Å². The van der Waals surface area contributed by atoms with Crippen LogP contribution in [-0.4, -0.2) is 49.7 Å². The van der Waals surface area contributed by atoms with Crippen LogP contribution in [0.2, 0.25) is 0 Å². The van der Waals surface area contributed by atoms with E-state index < -0.39 is 0 Å². The van der Waals surface area contributed by atoms with Crippen molar-refractivity contribution >= 4 is 17.5 Å². The number of benzene rings is 1. The van der Waals surface area contributed by atoms with Gasteiger partial charge in [-0.1, -0.05) is 26.0 Å². The molecule has 0 bridgehead atoms. The molecule has 1 fully saturated rings. The van der Waals surface area contributed by atoms with Gasteiger partial charge >= 0.3 is 0 Å². The molecule has 4 rings (SSSR count). The number of hydrogen-bond acceptors (Lipinski definition) is 8. The van der Waals surface area contributed by atoms with Gasteiger partial charge in [0.25, 0.3) is 0 Å². The van der Waals surface area contributed by atoms with Crippen molar-refractivity contribution in [2.24, 2.45) is 0 Å². The lowest BCUT2D eigenvalue weighted by molar-refractivity contribution is 0.491. The van der Waals surface area contributed by atoms with Gasteiger partial charge in [-0.05, 0) is 36.5 Å². The van der Waals surface area contributed by atoms with Gasteiger partial charge in [0.15, 0.2) is 0 Å². The van der Waals surface area contributed by atoms with E-state index in [4.69, 9.17) is 0 Å². The Bertz CT molecular complexity index is 893.